The van der Waals surface area contributed by atoms with Crippen LogP contribution < -0.4 is 11.2 Å². The topological polar surface area (TPSA) is 74.4 Å². The van der Waals surface area contributed by atoms with E-state index in [0.29, 0.717) is 0 Å². The van der Waals surface area contributed by atoms with Gasteiger partial charge in [0.2, 0.25) is 0 Å². The van der Waals surface area contributed by atoms with Crippen LogP contribution in [0.2, 0.25) is 0 Å². The number of nitrogens with two attached hydrogens (primary N) is 1. The van der Waals surface area contributed by atoms with Gasteiger partial charge in [-0.25, -0.2) is 0 Å². The number of carbonyl (C=O) groups is 1. The molecule has 2 N–H and O–H groups in total. The summed E-state index contributed by atoms with van der Waals surface area (Å²) in [5.74, 6) is -0.530. The second-order valence-corrected chi connectivity index (χ2v) is 5.89. The van der Waals surface area contributed by atoms with E-state index in [9.17, 15) is 4.79 Å². The Bertz CT molecular complexity index is 513. The number of carbonyl (C=O) groups excluding carboxylic acids is 1. The number of pyridine rings is 1. The predicted molar refractivity (Wildman–Crippen MR) is 73.2 cm³/mol. The van der Waals surface area contributed by atoms with Crippen molar-refractivity contribution in [2.45, 2.75) is 45.8 Å². The Hall–Kier alpha value is -1.40. The Kier molecular flexibility index (Phi) is 3.19. The lowest BCUT2D eigenvalue weighted by Crippen LogP contribution is -2.41. The van der Waals surface area contributed by atoms with Gasteiger partial charge in [-0.3, -0.25) is 9.78 Å². The maximum atomic E-state index is 11.2. The highest BCUT2D eigenvalue weighted by atomic mass is 16.7. The standard InChI is InChI=1S/C13H19BN2O3/c1-8-6-9(7-16-10(8)11(15)17)14-18-12(2,3)13(4,5)19-14/h6-7H,1-5H3,(H2,15,17). The van der Waals surface area contributed by atoms with Crippen LogP contribution in [0.15, 0.2) is 12.3 Å². The molecule has 0 aliphatic carbocycles. The van der Waals surface area contributed by atoms with Crippen LogP contribution in [0.3, 0.4) is 0 Å². The summed E-state index contributed by atoms with van der Waals surface area (Å²) in [4.78, 5) is 15.2. The highest BCUT2D eigenvalue weighted by Crippen LogP contribution is 2.36. The number of hydrogen-bond donors (Lipinski definition) is 1. The molecule has 102 valence electrons. The molecule has 1 aromatic rings. The summed E-state index contributed by atoms with van der Waals surface area (Å²) in [5.41, 5.74) is 6.24. The third-order valence-corrected chi connectivity index (χ3v) is 3.86. The second kappa shape index (κ2) is 4.32. The first-order valence-corrected chi connectivity index (χ1v) is 6.26. The van der Waals surface area contributed by atoms with Crippen LogP contribution in [-0.4, -0.2) is 29.2 Å². The molecule has 2 heterocycles. The number of amides is 1. The van der Waals surface area contributed by atoms with Crippen molar-refractivity contribution < 1.29 is 14.1 Å². The zero-order valence-corrected chi connectivity index (χ0v) is 12.0. The van der Waals surface area contributed by atoms with Crippen molar-refractivity contribution in [1.82, 2.24) is 4.98 Å². The minimum absolute atomic E-state index is 0.278. The fraction of sp³-hybridized carbons (Fsp3) is 0.538. The van der Waals surface area contributed by atoms with Gasteiger partial charge in [-0.2, -0.15) is 0 Å². The van der Waals surface area contributed by atoms with Crippen LogP contribution in [0.4, 0.5) is 0 Å². The first kappa shape index (κ1) is 14.0. The number of nitrogens with zero attached hydrogens (tertiary/aromatic N) is 1. The van der Waals surface area contributed by atoms with E-state index >= 15 is 0 Å². The molecule has 0 unspecified atom stereocenters. The Morgan fingerprint density at radius 1 is 1.26 bits per heavy atom. The second-order valence-electron chi connectivity index (χ2n) is 5.89. The van der Waals surface area contributed by atoms with Gasteiger partial charge in [-0.05, 0) is 40.2 Å². The lowest BCUT2D eigenvalue weighted by Gasteiger charge is -2.32. The molecule has 0 bridgehead atoms. The summed E-state index contributed by atoms with van der Waals surface area (Å²) in [6.45, 7) is 9.76. The fourth-order valence-electron chi connectivity index (χ4n) is 1.96. The van der Waals surface area contributed by atoms with Crippen molar-refractivity contribution >= 4 is 18.5 Å². The minimum atomic E-state index is -0.530. The lowest BCUT2D eigenvalue weighted by molar-refractivity contribution is 0.00578. The summed E-state index contributed by atoms with van der Waals surface area (Å²) < 4.78 is 11.9. The molecule has 1 aromatic heterocycles. The normalized spacial score (nSPS) is 20.6. The summed E-state index contributed by atoms with van der Waals surface area (Å²) in [6.07, 6.45) is 1.58. The molecule has 19 heavy (non-hydrogen) atoms. The summed E-state index contributed by atoms with van der Waals surface area (Å²) in [7, 11) is -0.474. The molecule has 6 heteroatoms. The maximum absolute atomic E-state index is 11.2. The lowest BCUT2D eigenvalue weighted by atomic mass is 9.79. The van der Waals surface area contributed by atoms with E-state index in [2.05, 4.69) is 4.98 Å². The van der Waals surface area contributed by atoms with Crippen LogP contribution in [-0.2, 0) is 9.31 Å². The van der Waals surface area contributed by atoms with Gasteiger partial charge in [0.15, 0.2) is 0 Å². The van der Waals surface area contributed by atoms with Crippen molar-refractivity contribution in [2.24, 2.45) is 5.73 Å². The molecule has 1 amide bonds. The molecule has 1 saturated heterocycles. The van der Waals surface area contributed by atoms with Crippen LogP contribution in [0, 0.1) is 6.92 Å². The van der Waals surface area contributed by atoms with Gasteiger partial charge in [0.05, 0.1) is 11.2 Å². The highest BCUT2D eigenvalue weighted by molar-refractivity contribution is 6.62. The summed E-state index contributed by atoms with van der Waals surface area (Å²) in [5, 5.41) is 0. The molecule has 1 aliphatic rings. The number of primary amides is 1. The fourth-order valence-corrected chi connectivity index (χ4v) is 1.96. The Balaban J connectivity index is 2.31. The third-order valence-electron chi connectivity index (χ3n) is 3.86. The zero-order chi connectivity index (χ0) is 14.4. The van der Waals surface area contributed by atoms with Crippen LogP contribution in [0.5, 0.6) is 0 Å². The van der Waals surface area contributed by atoms with Crippen molar-refractivity contribution in [3.05, 3.63) is 23.5 Å². The predicted octanol–water partition coefficient (Wildman–Crippen LogP) is 0.788. The molecule has 0 atom stereocenters. The SMILES string of the molecule is Cc1cc(B2OC(C)(C)C(C)(C)O2)cnc1C(N)=O. The number of rotatable bonds is 2. The monoisotopic (exact) mass is 262 g/mol. The summed E-state index contributed by atoms with van der Waals surface area (Å²) >= 11 is 0. The largest absolute Gasteiger partial charge is 0.496 e. The maximum Gasteiger partial charge on any atom is 0.496 e. The van der Waals surface area contributed by atoms with E-state index in [0.717, 1.165) is 11.0 Å². The molecule has 5 nitrogen and oxygen atoms in total. The zero-order valence-electron chi connectivity index (χ0n) is 12.0. The van der Waals surface area contributed by atoms with Gasteiger partial charge in [-0.1, -0.05) is 6.07 Å². The van der Waals surface area contributed by atoms with E-state index in [-0.39, 0.29) is 5.69 Å². The molecule has 1 fully saturated rings. The molecular formula is C13H19BN2O3. The van der Waals surface area contributed by atoms with Crippen molar-refractivity contribution in [2.75, 3.05) is 0 Å². The smallest absolute Gasteiger partial charge is 0.399 e. The number of hydrogen-bond acceptors (Lipinski definition) is 4. The van der Waals surface area contributed by atoms with Crippen molar-refractivity contribution in [1.29, 1.82) is 0 Å². The van der Waals surface area contributed by atoms with Crippen molar-refractivity contribution in [3.8, 4) is 0 Å². The highest BCUT2D eigenvalue weighted by Gasteiger charge is 2.51. The van der Waals surface area contributed by atoms with E-state index < -0.39 is 24.2 Å². The minimum Gasteiger partial charge on any atom is -0.399 e. The van der Waals surface area contributed by atoms with Crippen LogP contribution in [0.25, 0.3) is 0 Å². The van der Waals surface area contributed by atoms with Gasteiger partial charge in [-0.15, -0.1) is 0 Å². The van der Waals surface area contributed by atoms with E-state index in [4.69, 9.17) is 15.0 Å². The molecule has 0 aromatic carbocycles. The van der Waals surface area contributed by atoms with Gasteiger partial charge >= 0.3 is 7.12 Å². The van der Waals surface area contributed by atoms with Gasteiger partial charge in [0.1, 0.15) is 5.69 Å². The molecule has 2 rings (SSSR count). The quantitative estimate of drug-likeness (QED) is 0.799. The van der Waals surface area contributed by atoms with E-state index in [1.165, 1.54) is 0 Å². The first-order valence-electron chi connectivity index (χ1n) is 6.26. The number of aryl methyl sites for hydroxylation is 1. The van der Waals surface area contributed by atoms with Crippen LogP contribution in [0.1, 0.15) is 43.7 Å². The van der Waals surface area contributed by atoms with Gasteiger partial charge in [0.25, 0.3) is 5.91 Å². The van der Waals surface area contributed by atoms with Gasteiger partial charge < -0.3 is 15.0 Å². The first-order chi connectivity index (χ1) is 8.64. The molecule has 0 spiro atoms. The summed E-state index contributed by atoms with van der Waals surface area (Å²) in [6, 6.07) is 1.83. The van der Waals surface area contributed by atoms with Crippen LogP contribution >= 0.6 is 0 Å². The molecular weight excluding hydrogens is 243 g/mol. The average Bonchev–Trinajstić information content (AvgIpc) is 2.47. The third kappa shape index (κ3) is 2.38. The average molecular weight is 262 g/mol. The molecule has 1 aliphatic heterocycles. The molecule has 0 saturated carbocycles. The van der Waals surface area contributed by atoms with Gasteiger partial charge in [0, 0.05) is 11.7 Å². The number of aromatic nitrogens is 1. The Labute approximate surface area is 113 Å². The van der Waals surface area contributed by atoms with E-state index in [1.807, 2.05) is 33.8 Å². The Morgan fingerprint density at radius 2 is 1.79 bits per heavy atom. The van der Waals surface area contributed by atoms with E-state index in [1.54, 1.807) is 13.1 Å². The molecule has 0 radical (unpaired) electrons. The Morgan fingerprint density at radius 3 is 2.21 bits per heavy atom. The van der Waals surface area contributed by atoms with Crippen molar-refractivity contribution in [3.63, 3.8) is 0 Å².